The molecule has 2 rings (SSSR count). The number of nitrogens with zero attached hydrogens (tertiary/aromatic N) is 2. The smallest absolute Gasteiger partial charge is 0.416 e. The second kappa shape index (κ2) is 5.46. The summed E-state index contributed by atoms with van der Waals surface area (Å²) < 4.78 is 43.6. The van der Waals surface area contributed by atoms with Gasteiger partial charge in [-0.1, -0.05) is 0 Å². The van der Waals surface area contributed by atoms with E-state index in [1.165, 1.54) is 29.6 Å². The third kappa shape index (κ3) is 3.24. The standard InChI is InChI=1S/C11H9F3N2OS2/c1-18-10(19-2)16-9-15-7-5-6(11(12,13)14)3-4-8(7)17-9/h3-5H,1-2H3. The van der Waals surface area contributed by atoms with Crippen LogP contribution in [-0.4, -0.2) is 21.9 Å². The molecule has 8 heteroatoms. The highest BCUT2D eigenvalue weighted by molar-refractivity contribution is 8.38. The van der Waals surface area contributed by atoms with E-state index in [2.05, 4.69) is 9.98 Å². The summed E-state index contributed by atoms with van der Waals surface area (Å²) in [5.74, 6) is 0. The molecule has 0 bridgehead atoms. The van der Waals surface area contributed by atoms with E-state index in [1.54, 1.807) is 0 Å². The van der Waals surface area contributed by atoms with Gasteiger partial charge in [0.2, 0.25) is 0 Å². The van der Waals surface area contributed by atoms with E-state index in [0.29, 0.717) is 0 Å². The molecule has 102 valence electrons. The molecule has 1 aromatic carbocycles. The Morgan fingerprint density at radius 2 is 1.95 bits per heavy atom. The first kappa shape index (κ1) is 14.3. The van der Waals surface area contributed by atoms with Gasteiger partial charge in [0.05, 0.1) is 5.56 Å². The molecule has 0 saturated heterocycles. The minimum absolute atomic E-state index is 0.0630. The fourth-order valence-corrected chi connectivity index (χ4v) is 2.40. The van der Waals surface area contributed by atoms with Crippen LogP contribution in [0.15, 0.2) is 27.6 Å². The van der Waals surface area contributed by atoms with Crippen molar-refractivity contribution in [2.45, 2.75) is 6.18 Å². The van der Waals surface area contributed by atoms with Crippen molar-refractivity contribution in [1.82, 2.24) is 4.98 Å². The van der Waals surface area contributed by atoms with E-state index in [-0.39, 0.29) is 17.1 Å². The van der Waals surface area contributed by atoms with Gasteiger partial charge >= 0.3 is 12.2 Å². The van der Waals surface area contributed by atoms with E-state index in [1.807, 2.05) is 12.5 Å². The lowest BCUT2D eigenvalue weighted by Crippen LogP contribution is -2.03. The molecule has 0 fully saturated rings. The number of rotatable bonds is 1. The van der Waals surface area contributed by atoms with Gasteiger partial charge in [-0.15, -0.1) is 23.5 Å². The zero-order valence-corrected chi connectivity index (χ0v) is 11.6. The number of fused-ring (bicyclic) bond motifs is 1. The maximum atomic E-state index is 12.5. The maximum Gasteiger partial charge on any atom is 0.416 e. The minimum Gasteiger partial charge on any atom is -0.422 e. The number of halogens is 3. The van der Waals surface area contributed by atoms with Crippen LogP contribution in [0.1, 0.15) is 5.56 Å². The zero-order valence-electron chi connectivity index (χ0n) is 9.99. The van der Waals surface area contributed by atoms with Gasteiger partial charge in [-0.3, -0.25) is 0 Å². The molecule has 0 N–H and O–H groups in total. The van der Waals surface area contributed by atoms with Gasteiger partial charge in [0.1, 0.15) is 9.89 Å². The second-order valence-electron chi connectivity index (χ2n) is 3.46. The molecule has 2 aromatic rings. The molecule has 3 nitrogen and oxygen atoms in total. The number of aliphatic imine (C=N–C) groups is 1. The van der Waals surface area contributed by atoms with Gasteiger partial charge in [-0.05, 0) is 30.7 Å². The van der Waals surface area contributed by atoms with Crippen molar-refractivity contribution in [3.8, 4) is 0 Å². The van der Waals surface area contributed by atoms with Crippen molar-refractivity contribution in [3.63, 3.8) is 0 Å². The molecular weight excluding hydrogens is 297 g/mol. The van der Waals surface area contributed by atoms with E-state index < -0.39 is 11.7 Å². The minimum atomic E-state index is -4.39. The average molecular weight is 306 g/mol. The quantitative estimate of drug-likeness (QED) is 0.572. The summed E-state index contributed by atoms with van der Waals surface area (Å²) in [5.41, 5.74) is -0.317. The molecule has 0 unspecified atom stereocenters. The Morgan fingerprint density at radius 1 is 1.26 bits per heavy atom. The molecule has 0 amide bonds. The molecule has 19 heavy (non-hydrogen) atoms. The first-order valence-electron chi connectivity index (χ1n) is 5.08. The molecule has 0 atom stereocenters. The molecule has 0 radical (unpaired) electrons. The fourth-order valence-electron chi connectivity index (χ4n) is 1.39. The molecule has 0 spiro atoms. The molecule has 1 aromatic heterocycles. The topological polar surface area (TPSA) is 38.4 Å². The van der Waals surface area contributed by atoms with Crippen LogP contribution in [0.2, 0.25) is 0 Å². The van der Waals surface area contributed by atoms with Crippen molar-refractivity contribution in [3.05, 3.63) is 23.8 Å². The Bertz CT molecular complexity index is 616. The molecule has 0 aliphatic rings. The Balaban J connectivity index is 2.44. The summed E-state index contributed by atoms with van der Waals surface area (Å²) in [6.45, 7) is 0. The van der Waals surface area contributed by atoms with Gasteiger partial charge in [0.25, 0.3) is 0 Å². The number of thioether (sulfide) groups is 2. The highest BCUT2D eigenvalue weighted by Gasteiger charge is 2.31. The number of hydrogen-bond donors (Lipinski definition) is 0. The van der Waals surface area contributed by atoms with Crippen molar-refractivity contribution in [1.29, 1.82) is 0 Å². The number of alkyl halides is 3. The Kier molecular flexibility index (Phi) is 4.10. The summed E-state index contributed by atoms with van der Waals surface area (Å²) in [6, 6.07) is 3.23. The van der Waals surface area contributed by atoms with Crippen LogP contribution in [0.5, 0.6) is 0 Å². The summed E-state index contributed by atoms with van der Waals surface area (Å²) in [4.78, 5) is 8.05. The first-order chi connectivity index (χ1) is 8.94. The monoisotopic (exact) mass is 306 g/mol. The Labute approximate surface area is 115 Å². The van der Waals surface area contributed by atoms with E-state index >= 15 is 0 Å². The molecular formula is C11H9F3N2OS2. The molecule has 0 saturated carbocycles. The third-order valence-electron chi connectivity index (χ3n) is 2.24. The van der Waals surface area contributed by atoms with Crippen LogP contribution >= 0.6 is 23.5 Å². The van der Waals surface area contributed by atoms with Crippen molar-refractivity contribution in [2.75, 3.05) is 12.5 Å². The lowest BCUT2D eigenvalue weighted by Gasteiger charge is -2.04. The number of hydrogen-bond acceptors (Lipinski definition) is 5. The number of oxazole rings is 1. The number of benzene rings is 1. The highest BCUT2D eigenvalue weighted by Crippen LogP contribution is 2.32. The largest absolute Gasteiger partial charge is 0.422 e. The number of aromatic nitrogens is 1. The van der Waals surface area contributed by atoms with Gasteiger partial charge in [-0.25, -0.2) is 0 Å². The van der Waals surface area contributed by atoms with E-state index in [4.69, 9.17) is 4.42 Å². The maximum absolute atomic E-state index is 12.5. The predicted octanol–water partition coefficient (Wildman–Crippen LogP) is 4.56. The Hall–Kier alpha value is -1.15. The summed E-state index contributed by atoms with van der Waals surface area (Å²) >= 11 is 2.83. The van der Waals surface area contributed by atoms with Crippen molar-refractivity contribution in [2.24, 2.45) is 4.99 Å². The SMILES string of the molecule is CSC(=Nc1nc2cc(C(F)(F)F)ccc2o1)SC. The Morgan fingerprint density at radius 3 is 2.53 bits per heavy atom. The van der Waals surface area contributed by atoms with Gasteiger partial charge in [0, 0.05) is 0 Å². The summed E-state index contributed by atoms with van der Waals surface area (Å²) in [5, 5.41) is 0. The van der Waals surface area contributed by atoms with Gasteiger partial charge < -0.3 is 4.42 Å². The van der Waals surface area contributed by atoms with Gasteiger partial charge in [0.15, 0.2) is 5.58 Å². The van der Waals surface area contributed by atoms with Crippen LogP contribution in [0.4, 0.5) is 19.2 Å². The third-order valence-corrected chi connectivity index (χ3v) is 4.12. The molecule has 0 aliphatic carbocycles. The van der Waals surface area contributed by atoms with Crippen molar-refractivity contribution < 1.29 is 17.6 Å². The van der Waals surface area contributed by atoms with Crippen LogP contribution in [0.3, 0.4) is 0 Å². The predicted molar refractivity (Wildman–Crippen MR) is 73.1 cm³/mol. The van der Waals surface area contributed by atoms with Crippen LogP contribution in [0.25, 0.3) is 11.1 Å². The van der Waals surface area contributed by atoms with Crippen LogP contribution < -0.4 is 0 Å². The average Bonchev–Trinajstić information content (AvgIpc) is 2.76. The lowest BCUT2D eigenvalue weighted by molar-refractivity contribution is -0.137. The molecule has 0 aliphatic heterocycles. The highest BCUT2D eigenvalue weighted by atomic mass is 32.2. The van der Waals surface area contributed by atoms with Crippen molar-refractivity contribution >= 4 is 45.0 Å². The zero-order chi connectivity index (χ0) is 14.0. The normalized spacial score (nSPS) is 11.8. The summed E-state index contributed by atoms with van der Waals surface area (Å²) in [6.07, 6.45) is -0.695. The second-order valence-corrected chi connectivity index (χ2v) is 5.31. The van der Waals surface area contributed by atoms with E-state index in [0.717, 1.165) is 16.5 Å². The fraction of sp³-hybridized carbons (Fsp3) is 0.273. The van der Waals surface area contributed by atoms with Crippen LogP contribution in [0, 0.1) is 0 Å². The first-order valence-corrected chi connectivity index (χ1v) is 7.53. The van der Waals surface area contributed by atoms with E-state index in [9.17, 15) is 13.2 Å². The van der Waals surface area contributed by atoms with Gasteiger partial charge in [-0.2, -0.15) is 23.1 Å². The van der Waals surface area contributed by atoms with Crippen LogP contribution in [-0.2, 0) is 6.18 Å². The lowest BCUT2D eigenvalue weighted by atomic mass is 10.2. The summed E-state index contributed by atoms with van der Waals surface area (Å²) in [7, 11) is 0. The molecule has 1 heterocycles.